The second-order valence-electron chi connectivity index (χ2n) is 5.14. The van der Waals surface area contributed by atoms with Crippen LogP contribution in [0.25, 0.3) is 0 Å². The third-order valence-electron chi connectivity index (χ3n) is 3.31. The molecule has 1 aliphatic heterocycles. The largest absolute Gasteiger partial charge is 0.349 e. The Labute approximate surface area is 103 Å². The fourth-order valence-electron chi connectivity index (χ4n) is 2.41. The van der Waals surface area contributed by atoms with Crippen molar-refractivity contribution in [1.29, 1.82) is 0 Å². The van der Waals surface area contributed by atoms with Gasteiger partial charge in [0.25, 0.3) is 0 Å². The Balaban J connectivity index is 2.18. The molecule has 0 saturated carbocycles. The van der Waals surface area contributed by atoms with E-state index in [1.54, 1.807) is 19.0 Å². The number of urea groups is 1. The van der Waals surface area contributed by atoms with Crippen LogP contribution in [0.5, 0.6) is 0 Å². The molecule has 0 radical (unpaired) electrons. The minimum atomic E-state index is 0.105. The molecule has 1 aliphatic rings. The molecule has 0 aliphatic carbocycles. The number of carbonyl (C=O) groups is 1. The monoisotopic (exact) mass is 235 g/mol. The first-order valence-corrected chi connectivity index (χ1v) is 6.15. The quantitative estimate of drug-likeness (QED) is 0.733. The third kappa shape index (κ3) is 2.16. The molecule has 0 aromatic carbocycles. The van der Waals surface area contributed by atoms with E-state index in [0.717, 1.165) is 19.5 Å². The highest BCUT2D eigenvalue weighted by molar-refractivity contribution is 5.74. The van der Waals surface area contributed by atoms with Gasteiger partial charge in [0.2, 0.25) is 0 Å². The lowest BCUT2D eigenvalue weighted by Gasteiger charge is -2.30. The van der Waals surface area contributed by atoms with E-state index >= 15 is 0 Å². The molecule has 2 rings (SSSR count). The van der Waals surface area contributed by atoms with E-state index in [1.807, 2.05) is 4.90 Å². The minimum Gasteiger partial charge on any atom is -0.349 e. The molecule has 0 fully saturated rings. The van der Waals surface area contributed by atoms with E-state index in [9.17, 15) is 4.79 Å². The van der Waals surface area contributed by atoms with Gasteiger partial charge in [0.05, 0.1) is 0 Å². The summed E-state index contributed by atoms with van der Waals surface area (Å²) < 4.78 is 2.31. The molecule has 17 heavy (non-hydrogen) atoms. The number of hydrogen-bond donors (Lipinski definition) is 0. The van der Waals surface area contributed by atoms with Crippen molar-refractivity contribution in [3.63, 3.8) is 0 Å². The standard InChI is InChI=1S/C13H21N3O/c1-10(2)16-8-5-11-9-15(7-6-12(11)16)13(17)14(3)4/h5,8,10H,6-7,9H2,1-4H3. The molecule has 0 N–H and O–H groups in total. The molecule has 2 heterocycles. The minimum absolute atomic E-state index is 0.105. The Hall–Kier alpha value is -1.45. The maximum absolute atomic E-state index is 11.9. The Kier molecular flexibility index (Phi) is 3.13. The normalized spacial score (nSPS) is 15.0. The number of nitrogens with zero attached hydrogens (tertiary/aromatic N) is 3. The van der Waals surface area contributed by atoms with E-state index in [4.69, 9.17) is 0 Å². The number of carbonyl (C=O) groups excluding carboxylic acids is 1. The molecular formula is C13H21N3O. The maximum atomic E-state index is 11.9. The molecule has 0 bridgehead atoms. The molecule has 4 nitrogen and oxygen atoms in total. The summed E-state index contributed by atoms with van der Waals surface area (Å²) in [5, 5.41) is 0. The second kappa shape index (κ2) is 4.43. The van der Waals surface area contributed by atoms with E-state index in [1.165, 1.54) is 11.3 Å². The lowest BCUT2D eigenvalue weighted by atomic mass is 10.1. The van der Waals surface area contributed by atoms with Gasteiger partial charge in [0, 0.05) is 51.5 Å². The number of amides is 2. The zero-order chi connectivity index (χ0) is 12.6. The van der Waals surface area contributed by atoms with Crippen LogP contribution in [0.1, 0.15) is 31.1 Å². The van der Waals surface area contributed by atoms with Crippen molar-refractivity contribution in [3.05, 3.63) is 23.5 Å². The van der Waals surface area contributed by atoms with Crippen LogP contribution in [0.4, 0.5) is 4.79 Å². The fraction of sp³-hybridized carbons (Fsp3) is 0.615. The number of hydrogen-bond acceptors (Lipinski definition) is 1. The van der Waals surface area contributed by atoms with Crippen LogP contribution in [0, 0.1) is 0 Å². The molecular weight excluding hydrogens is 214 g/mol. The molecule has 94 valence electrons. The summed E-state index contributed by atoms with van der Waals surface area (Å²) in [6.07, 6.45) is 3.10. The van der Waals surface area contributed by atoms with Gasteiger partial charge in [-0.2, -0.15) is 0 Å². The average Bonchev–Trinajstić information content (AvgIpc) is 2.70. The highest BCUT2D eigenvalue weighted by Gasteiger charge is 2.24. The summed E-state index contributed by atoms with van der Waals surface area (Å²) in [5.74, 6) is 0. The first kappa shape index (κ1) is 12.0. The summed E-state index contributed by atoms with van der Waals surface area (Å²) in [7, 11) is 3.61. The number of fused-ring (bicyclic) bond motifs is 1. The van der Waals surface area contributed by atoms with Crippen LogP contribution < -0.4 is 0 Å². The fourth-order valence-corrected chi connectivity index (χ4v) is 2.41. The van der Waals surface area contributed by atoms with E-state index in [0.29, 0.717) is 6.04 Å². The van der Waals surface area contributed by atoms with Crippen LogP contribution in [-0.4, -0.2) is 41.0 Å². The highest BCUT2D eigenvalue weighted by atomic mass is 16.2. The van der Waals surface area contributed by atoms with Gasteiger partial charge in [-0.3, -0.25) is 0 Å². The van der Waals surface area contributed by atoms with E-state index < -0.39 is 0 Å². The second-order valence-corrected chi connectivity index (χ2v) is 5.14. The van der Waals surface area contributed by atoms with Crippen molar-refractivity contribution in [2.75, 3.05) is 20.6 Å². The Morgan fingerprint density at radius 1 is 1.41 bits per heavy atom. The Morgan fingerprint density at radius 2 is 2.12 bits per heavy atom. The zero-order valence-electron chi connectivity index (χ0n) is 11.1. The van der Waals surface area contributed by atoms with Crippen molar-refractivity contribution in [1.82, 2.24) is 14.4 Å². The molecule has 2 amide bonds. The van der Waals surface area contributed by atoms with Gasteiger partial charge in [-0.25, -0.2) is 4.79 Å². The smallest absolute Gasteiger partial charge is 0.319 e. The lowest BCUT2D eigenvalue weighted by molar-refractivity contribution is 0.165. The summed E-state index contributed by atoms with van der Waals surface area (Å²) >= 11 is 0. The number of rotatable bonds is 1. The van der Waals surface area contributed by atoms with Crippen LogP contribution >= 0.6 is 0 Å². The first-order valence-electron chi connectivity index (χ1n) is 6.15. The molecule has 0 atom stereocenters. The molecule has 0 spiro atoms. The van der Waals surface area contributed by atoms with Crippen LogP contribution in [0.3, 0.4) is 0 Å². The van der Waals surface area contributed by atoms with Gasteiger partial charge >= 0.3 is 6.03 Å². The first-order chi connectivity index (χ1) is 8.00. The topological polar surface area (TPSA) is 28.5 Å². The van der Waals surface area contributed by atoms with Crippen molar-refractivity contribution < 1.29 is 4.79 Å². The predicted octanol–water partition coefficient (Wildman–Crippen LogP) is 2.11. The predicted molar refractivity (Wildman–Crippen MR) is 68.0 cm³/mol. The summed E-state index contributed by atoms with van der Waals surface area (Å²) in [5.41, 5.74) is 2.68. The zero-order valence-corrected chi connectivity index (χ0v) is 11.1. The summed E-state index contributed by atoms with van der Waals surface area (Å²) in [4.78, 5) is 15.4. The SMILES string of the molecule is CC(C)n1ccc2c1CCN(C(=O)N(C)C)C2. The molecule has 4 heteroatoms. The van der Waals surface area contributed by atoms with Crippen LogP contribution in [-0.2, 0) is 13.0 Å². The lowest BCUT2D eigenvalue weighted by Crippen LogP contribution is -2.42. The van der Waals surface area contributed by atoms with Crippen molar-refractivity contribution in [3.8, 4) is 0 Å². The van der Waals surface area contributed by atoms with Gasteiger partial charge in [0.15, 0.2) is 0 Å². The molecule has 1 aromatic rings. The Morgan fingerprint density at radius 3 is 2.71 bits per heavy atom. The van der Waals surface area contributed by atoms with E-state index in [2.05, 4.69) is 30.7 Å². The van der Waals surface area contributed by atoms with Gasteiger partial charge in [-0.15, -0.1) is 0 Å². The Bertz CT molecular complexity index is 420. The summed E-state index contributed by atoms with van der Waals surface area (Å²) in [6.45, 7) is 5.95. The van der Waals surface area contributed by atoms with Gasteiger partial charge in [-0.05, 0) is 25.5 Å². The molecule has 0 unspecified atom stereocenters. The van der Waals surface area contributed by atoms with E-state index in [-0.39, 0.29) is 6.03 Å². The van der Waals surface area contributed by atoms with Gasteiger partial charge in [0.1, 0.15) is 0 Å². The van der Waals surface area contributed by atoms with Gasteiger partial charge in [-0.1, -0.05) is 0 Å². The molecule has 0 saturated heterocycles. The highest BCUT2D eigenvalue weighted by Crippen LogP contribution is 2.23. The molecule has 1 aromatic heterocycles. The average molecular weight is 235 g/mol. The van der Waals surface area contributed by atoms with Crippen molar-refractivity contribution in [2.24, 2.45) is 0 Å². The van der Waals surface area contributed by atoms with Crippen LogP contribution in [0.2, 0.25) is 0 Å². The maximum Gasteiger partial charge on any atom is 0.319 e. The third-order valence-corrected chi connectivity index (χ3v) is 3.31. The summed E-state index contributed by atoms with van der Waals surface area (Å²) in [6, 6.07) is 2.74. The van der Waals surface area contributed by atoms with Crippen LogP contribution in [0.15, 0.2) is 12.3 Å². The van der Waals surface area contributed by atoms with Gasteiger partial charge < -0.3 is 14.4 Å². The van der Waals surface area contributed by atoms with Crippen molar-refractivity contribution in [2.45, 2.75) is 32.9 Å². The number of aromatic nitrogens is 1. The van der Waals surface area contributed by atoms with Crippen molar-refractivity contribution >= 4 is 6.03 Å².